The number of hydrogen-bond acceptors (Lipinski definition) is 3. The van der Waals surface area contributed by atoms with Crippen molar-refractivity contribution >= 4 is 71.1 Å². The van der Waals surface area contributed by atoms with E-state index in [0.29, 0.717) is 0 Å². The molecule has 0 bridgehead atoms. The minimum atomic E-state index is -0.846. The predicted molar refractivity (Wildman–Crippen MR) is 179 cm³/mol. The highest BCUT2D eigenvalue weighted by atomic mass is 16.3. The van der Waals surface area contributed by atoms with E-state index in [1.165, 1.54) is 0 Å². The normalized spacial score (nSPS) is 19.4. The van der Waals surface area contributed by atoms with Crippen LogP contribution in [0.1, 0.15) is 42.7 Å². The Balaban J connectivity index is 1.40. The van der Waals surface area contributed by atoms with Crippen LogP contribution in [-0.2, 0) is 13.1 Å². The van der Waals surface area contributed by atoms with E-state index in [1.54, 1.807) is 0 Å². The van der Waals surface area contributed by atoms with Gasteiger partial charge in [-0.3, -0.25) is 0 Å². The van der Waals surface area contributed by atoms with Gasteiger partial charge in [-0.05, 0) is 81.0 Å². The zero-order chi connectivity index (χ0) is 48.3. The molecule has 204 valence electrons. The number of anilines is 1. The Morgan fingerprint density at radius 2 is 1.14 bits per heavy atom. The van der Waals surface area contributed by atoms with E-state index in [1.807, 2.05) is 0 Å². The van der Waals surface area contributed by atoms with Crippen molar-refractivity contribution in [3.05, 3.63) is 150 Å². The lowest BCUT2D eigenvalue weighted by molar-refractivity contribution is 0.668. The minimum Gasteiger partial charge on any atom is -0.456 e. The van der Waals surface area contributed by atoms with E-state index >= 15 is 0 Å². The van der Waals surface area contributed by atoms with Gasteiger partial charge in [0.2, 0.25) is 0 Å². The van der Waals surface area contributed by atoms with Gasteiger partial charge in [-0.2, -0.15) is 0 Å². The zero-order valence-electron chi connectivity index (χ0n) is 44.7. The SMILES string of the molecule is [2H]c1c([2H])c([2H])c(N(Cc2c([2H])c([2H])c3c([2H])c([2H])c4c([2H])c5oc6c([2H])c([2H])c([2H])c([2H])c6c5c([2H])c4c3c2[2H])Cc2c([2H])c([2H])c([2H])c3oc4c([2H])c([2H])c([2H])c([2H])c4c23)c([2H])c1[2H]. The summed E-state index contributed by atoms with van der Waals surface area (Å²) < 4.78 is 213. The molecule has 2 aromatic heterocycles. The first-order chi connectivity index (χ1) is 30.9. The molecule has 0 aliphatic rings. The van der Waals surface area contributed by atoms with E-state index in [-0.39, 0.29) is 27.1 Å². The van der Waals surface area contributed by atoms with Crippen molar-refractivity contribution in [2.24, 2.45) is 0 Å². The van der Waals surface area contributed by atoms with Crippen molar-refractivity contribution in [3.63, 3.8) is 0 Å². The molecule has 0 saturated heterocycles. The molecule has 3 nitrogen and oxygen atoms in total. The average molecular weight is 577 g/mol. The summed E-state index contributed by atoms with van der Waals surface area (Å²) in [7, 11) is 0. The highest BCUT2D eigenvalue weighted by Gasteiger charge is 2.16. The molecule has 0 N–H and O–H groups in total. The largest absolute Gasteiger partial charge is 0.456 e. The summed E-state index contributed by atoms with van der Waals surface area (Å²) >= 11 is 0. The van der Waals surface area contributed by atoms with Crippen LogP contribution in [-0.4, -0.2) is 0 Å². The molecular formula is C40H27NO2. The third-order valence-corrected chi connectivity index (χ3v) is 7.03. The first-order valence-electron chi connectivity index (χ1n) is 24.4. The molecule has 0 spiro atoms. The molecule has 0 atom stereocenters. The summed E-state index contributed by atoms with van der Waals surface area (Å²) in [4.78, 5) is 1.02. The van der Waals surface area contributed by atoms with Crippen LogP contribution in [0, 0.1) is 0 Å². The highest BCUT2D eigenvalue weighted by molar-refractivity contribution is 6.16. The number of benzene rings is 7. The van der Waals surface area contributed by atoms with Gasteiger partial charge in [-0.1, -0.05) is 90.6 Å². The Bertz CT molecular complexity index is 3740. The first kappa shape index (κ1) is 10.6. The summed E-state index contributed by atoms with van der Waals surface area (Å²) in [5, 5.41) is -2.89. The lowest BCUT2D eigenvalue weighted by Crippen LogP contribution is -2.22. The monoisotopic (exact) mass is 576 g/mol. The molecule has 7 aromatic carbocycles. The van der Waals surface area contributed by atoms with Gasteiger partial charge < -0.3 is 13.7 Å². The Labute approximate surface area is 280 Å². The van der Waals surface area contributed by atoms with E-state index in [9.17, 15) is 5.48 Å². The maximum absolute atomic E-state index is 9.69. The molecule has 43 heavy (non-hydrogen) atoms. The van der Waals surface area contributed by atoms with Crippen LogP contribution in [0.2, 0.25) is 0 Å². The Kier molecular flexibility index (Phi) is 2.35. The fraction of sp³-hybridized carbons (Fsp3) is 0.0500. The van der Waals surface area contributed by atoms with Crippen molar-refractivity contribution in [3.8, 4) is 0 Å². The first-order valence-corrected chi connectivity index (χ1v) is 12.9. The summed E-state index contributed by atoms with van der Waals surface area (Å²) in [5.41, 5.74) is -3.04. The van der Waals surface area contributed by atoms with Gasteiger partial charge in [0.05, 0.1) is 31.5 Å². The van der Waals surface area contributed by atoms with Crippen LogP contribution in [0.3, 0.4) is 0 Å². The van der Waals surface area contributed by atoms with Crippen LogP contribution in [0.25, 0.3) is 65.4 Å². The fourth-order valence-corrected chi connectivity index (χ4v) is 5.14. The summed E-state index contributed by atoms with van der Waals surface area (Å²) in [6.45, 7) is -1.63. The van der Waals surface area contributed by atoms with E-state index in [0.717, 1.165) is 4.90 Å². The van der Waals surface area contributed by atoms with Crippen LogP contribution in [0.15, 0.2) is 148 Å². The molecule has 0 aliphatic heterocycles. The quantitative estimate of drug-likeness (QED) is 0.191. The summed E-state index contributed by atoms with van der Waals surface area (Å²) in [6, 6.07) is -16.5. The molecule has 9 rings (SSSR count). The number of rotatable bonds is 5. The van der Waals surface area contributed by atoms with Gasteiger partial charge in [-0.15, -0.1) is 0 Å². The molecule has 0 radical (unpaired) electrons. The molecule has 0 unspecified atom stereocenters. The topological polar surface area (TPSA) is 29.5 Å². The number of furan rings is 2. The smallest absolute Gasteiger partial charge is 0.136 e. The summed E-state index contributed by atoms with van der Waals surface area (Å²) in [6.07, 6.45) is 0. The second kappa shape index (κ2) is 9.50. The van der Waals surface area contributed by atoms with Crippen molar-refractivity contribution in [2.75, 3.05) is 4.90 Å². The van der Waals surface area contributed by atoms with Gasteiger partial charge in [0, 0.05) is 40.3 Å². The van der Waals surface area contributed by atoms with E-state index in [2.05, 4.69) is 0 Å². The van der Waals surface area contributed by atoms with Gasteiger partial charge in [0.1, 0.15) is 22.3 Å². The maximum Gasteiger partial charge on any atom is 0.136 e. The number of hydrogen-bond donors (Lipinski definition) is 0. The predicted octanol–water partition coefficient (Wildman–Crippen LogP) is 11.0. The van der Waals surface area contributed by atoms with Crippen LogP contribution >= 0.6 is 0 Å². The van der Waals surface area contributed by atoms with Gasteiger partial charge in [0.15, 0.2) is 0 Å². The van der Waals surface area contributed by atoms with Crippen molar-refractivity contribution < 1.29 is 40.4 Å². The number of fused-ring (bicyclic) bond motifs is 9. The highest BCUT2D eigenvalue weighted by Crippen LogP contribution is 2.36. The Morgan fingerprint density at radius 3 is 2.02 bits per heavy atom. The van der Waals surface area contributed by atoms with Crippen LogP contribution in [0.4, 0.5) is 5.69 Å². The van der Waals surface area contributed by atoms with E-state index < -0.39 is 207 Å². The number of nitrogens with zero attached hydrogens (tertiary/aromatic N) is 1. The third-order valence-electron chi connectivity index (χ3n) is 7.03. The Morgan fingerprint density at radius 1 is 0.465 bits per heavy atom. The molecule has 2 heterocycles. The standard InChI is InChI=1S/C40H27NO2/c1-2-10-30(11-3-1)41(25-29-9-8-16-38-40(29)32-13-5-7-15-37(32)42-38)24-26-17-18-27-19-20-28-22-39-35(23-34(28)33(27)21-26)31-12-4-6-14-36(31)43-39/h1-23H,24-25H2/i1D,2D,3D,4D,5D,6D,7D,8D,9D,10D,11D,12D,13D,14D,15D,16D,17D,18D,19D,20D,21D,22D,23D. The lowest BCUT2D eigenvalue weighted by atomic mass is 9.98. The van der Waals surface area contributed by atoms with Crippen molar-refractivity contribution in [2.45, 2.75) is 13.1 Å². The summed E-state index contributed by atoms with van der Waals surface area (Å²) in [5.74, 6) is 0. The van der Waals surface area contributed by atoms with Crippen molar-refractivity contribution in [1.82, 2.24) is 0 Å². The second-order valence-electron chi connectivity index (χ2n) is 9.56. The number of para-hydroxylation sites is 3. The van der Waals surface area contributed by atoms with Gasteiger partial charge >= 0.3 is 0 Å². The molecular weight excluding hydrogens is 526 g/mol. The van der Waals surface area contributed by atoms with Crippen LogP contribution < -0.4 is 4.90 Å². The molecule has 0 fully saturated rings. The second-order valence-corrected chi connectivity index (χ2v) is 9.56. The fourth-order valence-electron chi connectivity index (χ4n) is 5.14. The average Bonchev–Trinajstić information content (AvgIpc) is 3.90. The molecule has 3 heteroatoms. The molecule has 9 aromatic rings. The Hall–Kier alpha value is -5.54. The molecule has 0 saturated carbocycles. The maximum atomic E-state index is 9.69. The van der Waals surface area contributed by atoms with Crippen molar-refractivity contribution in [1.29, 1.82) is 0 Å². The minimum absolute atomic E-state index is 0.249. The van der Waals surface area contributed by atoms with Gasteiger partial charge in [-0.25, -0.2) is 0 Å². The van der Waals surface area contributed by atoms with E-state index in [4.69, 9.17) is 34.9 Å². The zero-order valence-corrected chi connectivity index (χ0v) is 21.7. The van der Waals surface area contributed by atoms with Crippen LogP contribution in [0.5, 0.6) is 0 Å². The molecule has 0 amide bonds. The molecule has 0 aliphatic carbocycles. The lowest BCUT2D eigenvalue weighted by Gasteiger charge is -2.26. The van der Waals surface area contributed by atoms with Gasteiger partial charge in [0.25, 0.3) is 0 Å². The third kappa shape index (κ3) is 3.97.